The first-order valence-corrected chi connectivity index (χ1v) is 7.93. The zero-order valence-corrected chi connectivity index (χ0v) is 15.4. The van der Waals surface area contributed by atoms with Crippen molar-refractivity contribution in [2.75, 3.05) is 19.0 Å². The van der Waals surface area contributed by atoms with Crippen molar-refractivity contribution in [2.24, 2.45) is 0 Å². The van der Waals surface area contributed by atoms with Crippen molar-refractivity contribution < 1.29 is 9.47 Å². The van der Waals surface area contributed by atoms with Crippen molar-refractivity contribution in [3.05, 3.63) is 51.4 Å². The van der Waals surface area contributed by atoms with Crippen LogP contribution in [0, 0.1) is 0 Å². The van der Waals surface area contributed by atoms with Gasteiger partial charge in [-0.3, -0.25) is 0 Å². The maximum atomic E-state index is 11.3. The van der Waals surface area contributed by atoms with E-state index in [0.29, 0.717) is 29.7 Å². The van der Waals surface area contributed by atoms with E-state index in [1.165, 1.54) is 0 Å². The molecule has 0 unspecified atom stereocenters. The number of imidazole rings is 1. The van der Waals surface area contributed by atoms with E-state index in [2.05, 4.69) is 15.3 Å². The number of ether oxygens (including phenoxy) is 2. The number of halogens is 2. The van der Waals surface area contributed by atoms with Gasteiger partial charge in [0.15, 0.2) is 11.5 Å². The van der Waals surface area contributed by atoms with E-state index in [-0.39, 0.29) is 18.1 Å². The fourth-order valence-electron chi connectivity index (χ4n) is 2.51. The number of hydrogen-bond acceptors (Lipinski definition) is 4. The minimum absolute atomic E-state index is 0. The predicted molar refractivity (Wildman–Crippen MR) is 103 cm³/mol. The quantitative estimate of drug-likeness (QED) is 0.601. The van der Waals surface area contributed by atoms with E-state index in [9.17, 15) is 4.79 Å². The summed E-state index contributed by atoms with van der Waals surface area (Å²) >= 11 is 6.28. The highest BCUT2D eigenvalue weighted by atomic mass is 35.5. The minimum Gasteiger partial charge on any atom is -0.493 e. The average molecular weight is 384 g/mol. The number of fused-ring (bicyclic) bond motifs is 1. The van der Waals surface area contributed by atoms with Crippen LogP contribution in [0.2, 0.25) is 5.02 Å². The molecule has 0 saturated carbocycles. The number of methoxy groups -OCH3 is 1. The van der Waals surface area contributed by atoms with Gasteiger partial charge in [0.2, 0.25) is 0 Å². The predicted octanol–water partition coefficient (Wildman–Crippen LogP) is 3.95. The van der Waals surface area contributed by atoms with Crippen LogP contribution in [-0.4, -0.2) is 23.7 Å². The Hall–Kier alpha value is -2.31. The summed E-state index contributed by atoms with van der Waals surface area (Å²) in [4.78, 5) is 16.8. The Labute approximate surface area is 155 Å². The summed E-state index contributed by atoms with van der Waals surface area (Å²) in [5.74, 6) is 1.16. The summed E-state index contributed by atoms with van der Waals surface area (Å²) < 4.78 is 10.9. The normalized spacial score (nSPS) is 10.4. The molecule has 0 spiro atoms. The summed E-state index contributed by atoms with van der Waals surface area (Å²) in [5.41, 5.74) is 3.17. The van der Waals surface area contributed by atoms with Crippen LogP contribution < -0.4 is 20.5 Å². The van der Waals surface area contributed by atoms with Crippen LogP contribution >= 0.6 is 24.0 Å². The van der Waals surface area contributed by atoms with Gasteiger partial charge in [-0.15, -0.1) is 12.4 Å². The van der Waals surface area contributed by atoms with E-state index in [4.69, 9.17) is 21.1 Å². The highest BCUT2D eigenvalue weighted by molar-refractivity contribution is 6.32. The summed E-state index contributed by atoms with van der Waals surface area (Å²) in [6, 6.07) is 9.36. The highest BCUT2D eigenvalue weighted by Gasteiger charge is 2.11. The third kappa shape index (κ3) is 4.21. The maximum Gasteiger partial charge on any atom is 0.323 e. The number of nitrogens with one attached hydrogen (secondary N) is 3. The Bertz CT molecular complexity index is 921. The minimum atomic E-state index is -0.217. The van der Waals surface area contributed by atoms with E-state index in [1.54, 1.807) is 7.11 Å². The van der Waals surface area contributed by atoms with E-state index >= 15 is 0 Å². The Balaban J connectivity index is 0.00000225. The second-order valence-electron chi connectivity index (χ2n) is 5.24. The number of H-pyrrole nitrogens is 2. The first-order chi connectivity index (χ1) is 11.6. The van der Waals surface area contributed by atoms with Crippen LogP contribution in [0.15, 0.2) is 35.1 Å². The lowest BCUT2D eigenvalue weighted by Gasteiger charge is -2.14. The molecule has 0 fully saturated rings. The Morgan fingerprint density at radius 3 is 2.64 bits per heavy atom. The molecule has 0 aliphatic carbocycles. The lowest BCUT2D eigenvalue weighted by Crippen LogP contribution is -2.02. The molecule has 6 nitrogen and oxygen atoms in total. The highest BCUT2D eigenvalue weighted by Crippen LogP contribution is 2.36. The second kappa shape index (κ2) is 8.18. The first kappa shape index (κ1) is 19.0. The zero-order chi connectivity index (χ0) is 17.1. The van der Waals surface area contributed by atoms with E-state index < -0.39 is 0 Å². The van der Waals surface area contributed by atoms with Crippen molar-refractivity contribution in [1.29, 1.82) is 0 Å². The molecule has 3 rings (SSSR count). The molecule has 0 bridgehead atoms. The third-order valence-corrected chi connectivity index (χ3v) is 3.87. The number of aromatic amines is 2. The molecular weight excluding hydrogens is 365 g/mol. The number of aromatic nitrogens is 2. The van der Waals surface area contributed by atoms with E-state index in [0.717, 1.165) is 22.3 Å². The number of benzene rings is 2. The van der Waals surface area contributed by atoms with Gasteiger partial charge in [0, 0.05) is 12.2 Å². The Morgan fingerprint density at radius 1 is 1.16 bits per heavy atom. The van der Waals surface area contributed by atoms with Crippen molar-refractivity contribution in [1.82, 2.24) is 9.97 Å². The molecule has 1 heterocycles. The van der Waals surface area contributed by atoms with Crippen molar-refractivity contribution in [3.8, 4) is 11.5 Å². The molecule has 1 aromatic heterocycles. The monoisotopic (exact) mass is 383 g/mol. The maximum absolute atomic E-state index is 11.3. The number of rotatable bonds is 6. The van der Waals surface area contributed by atoms with Crippen molar-refractivity contribution >= 4 is 40.7 Å². The molecular formula is C17H19Cl2N3O3. The van der Waals surface area contributed by atoms with E-state index in [1.807, 2.05) is 37.3 Å². The van der Waals surface area contributed by atoms with Crippen molar-refractivity contribution in [3.63, 3.8) is 0 Å². The molecule has 0 aliphatic heterocycles. The van der Waals surface area contributed by atoms with Gasteiger partial charge in [-0.2, -0.15) is 0 Å². The molecule has 0 amide bonds. The molecule has 8 heteroatoms. The molecule has 0 saturated heterocycles. The Kier molecular flexibility index (Phi) is 6.22. The molecule has 0 radical (unpaired) electrons. The van der Waals surface area contributed by atoms with Gasteiger partial charge in [-0.1, -0.05) is 11.6 Å². The van der Waals surface area contributed by atoms with Crippen molar-refractivity contribution in [2.45, 2.75) is 13.5 Å². The number of hydrogen-bond donors (Lipinski definition) is 3. The fourth-order valence-corrected chi connectivity index (χ4v) is 2.79. The van der Waals surface area contributed by atoms with Crippen LogP contribution in [0.3, 0.4) is 0 Å². The summed E-state index contributed by atoms with van der Waals surface area (Å²) in [5, 5.41) is 3.81. The standard InChI is InChI=1S/C17H18ClN3O3.ClH/c1-3-24-16-12(18)6-10(7-15(16)23-2)9-19-11-4-5-13-14(8-11)21-17(22)20-13;/h4-8,19H,3,9H2,1-2H3,(H2,20,21,22);1H. The van der Waals surface area contributed by atoms with Crippen LogP contribution in [0.5, 0.6) is 11.5 Å². The zero-order valence-electron chi connectivity index (χ0n) is 13.8. The first-order valence-electron chi connectivity index (χ1n) is 7.56. The van der Waals surface area contributed by atoms with Gasteiger partial charge in [0.1, 0.15) is 0 Å². The molecule has 3 aromatic rings. The Morgan fingerprint density at radius 2 is 1.92 bits per heavy atom. The smallest absolute Gasteiger partial charge is 0.323 e. The third-order valence-electron chi connectivity index (χ3n) is 3.59. The topological polar surface area (TPSA) is 79.1 Å². The summed E-state index contributed by atoms with van der Waals surface area (Å²) in [6.45, 7) is 2.97. The molecule has 134 valence electrons. The second-order valence-corrected chi connectivity index (χ2v) is 5.64. The van der Waals surface area contributed by atoms with Gasteiger partial charge in [0.25, 0.3) is 0 Å². The molecule has 0 aliphatic rings. The van der Waals surface area contributed by atoms with Crippen LogP contribution in [0.25, 0.3) is 11.0 Å². The van der Waals surface area contributed by atoms with Gasteiger partial charge in [-0.05, 0) is 42.8 Å². The van der Waals surface area contributed by atoms with Crippen LogP contribution in [0.1, 0.15) is 12.5 Å². The average Bonchev–Trinajstić information content (AvgIpc) is 2.94. The lowest BCUT2D eigenvalue weighted by atomic mass is 10.2. The van der Waals surface area contributed by atoms with Gasteiger partial charge in [0.05, 0.1) is 29.8 Å². The molecule has 3 N–H and O–H groups in total. The molecule has 2 aromatic carbocycles. The van der Waals surface area contributed by atoms with Gasteiger partial charge < -0.3 is 24.8 Å². The number of anilines is 1. The largest absolute Gasteiger partial charge is 0.493 e. The molecule has 25 heavy (non-hydrogen) atoms. The summed E-state index contributed by atoms with van der Waals surface area (Å²) in [7, 11) is 1.58. The van der Waals surface area contributed by atoms with Crippen LogP contribution in [-0.2, 0) is 6.54 Å². The summed E-state index contributed by atoms with van der Waals surface area (Å²) in [6.07, 6.45) is 0. The molecule has 0 atom stereocenters. The lowest BCUT2D eigenvalue weighted by molar-refractivity contribution is 0.311. The van der Waals surface area contributed by atoms with Gasteiger partial charge >= 0.3 is 5.69 Å². The van der Waals surface area contributed by atoms with Crippen LogP contribution in [0.4, 0.5) is 5.69 Å². The SMILES string of the molecule is CCOc1c(Cl)cc(CNc2ccc3[nH]c(=O)[nH]c3c2)cc1OC.Cl. The fraction of sp³-hybridized carbons (Fsp3) is 0.235. The van der Waals surface area contributed by atoms with Gasteiger partial charge in [-0.25, -0.2) is 4.79 Å².